The fraction of sp³-hybridized carbons (Fsp3) is 0.444. The number of aliphatic carboxylic acids is 1. The van der Waals surface area contributed by atoms with Crippen molar-refractivity contribution in [2.24, 2.45) is 0 Å². The molecule has 0 spiro atoms. The van der Waals surface area contributed by atoms with E-state index in [0.717, 1.165) is 16.7 Å². The maximum atomic E-state index is 11.3. The van der Waals surface area contributed by atoms with Crippen LogP contribution in [0.2, 0.25) is 0 Å². The summed E-state index contributed by atoms with van der Waals surface area (Å²) in [6.07, 6.45) is 0.249. The summed E-state index contributed by atoms with van der Waals surface area (Å²) < 4.78 is 4.81. The molecule has 86 valence electrons. The van der Waals surface area contributed by atoms with Crippen LogP contribution in [0.4, 0.5) is 0 Å². The first-order valence-corrected chi connectivity index (χ1v) is 5.35. The highest BCUT2D eigenvalue weighted by Gasteiger charge is 2.58. The maximum Gasteiger partial charge on any atom is 0.357 e. The van der Waals surface area contributed by atoms with Gasteiger partial charge in [0.15, 0.2) is 10.8 Å². The lowest BCUT2D eigenvalue weighted by Gasteiger charge is -2.43. The monoisotopic (exact) mass is 243 g/mol. The number of carbonyl (C=O) groups excluding carboxylic acids is 2. The van der Waals surface area contributed by atoms with Gasteiger partial charge >= 0.3 is 11.9 Å². The Morgan fingerprint density at radius 1 is 1.56 bits per heavy atom. The number of ether oxygens (including phenoxy) is 1. The number of fused-ring (bicyclic) bond motifs is 1. The largest absolute Gasteiger partial charge is 0.476 e. The molecule has 0 saturated carbocycles. The molecule has 2 aliphatic rings. The van der Waals surface area contributed by atoms with Crippen LogP contribution in [0.1, 0.15) is 20.3 Å². The van der Waals surface area contributed by atoms with Gasteiger partial charge in [0, 0.05) is 6.92 Å². The van der Waals surface area contributed by atoms with Gasteiger partial charge in [-0.25, -0.2) is 4.79 Å². The molecular weight excluding hydrogens is 234 g/mol. The van der Waals surface area contributed by atoms with E-state index < -0.39 is 16.8 Å². The molecule has 1 atom stereocenters. The van der Waals surface area contributed by atoms with Gasteiger partial charge in [-0.05, 0) is 6.92 Å². The first-order valence-electron chi connectivity index (χ1n) is 4.53. The normalized spacial score (nSPS) is 27.6. The Morgan fingerprint density at radius 2 is 2.19 bits per heavy atom. The number of nitrogens with zero attached hydrogens (tertiary/aromatic N) is 1. The molecule has 2 rings (SSSR count). The number of carboxylic acid groups (broad SMARTS) is 1. The number of β-lactam (4-membered cyclic amide) rings is 1. The molecule has 1 amide bonds. The third kappa shape index (κ3) is 1.39. The van der Waals surface area contributed by atoms with Gasteiger partial charge in [0.25, 0.3) is 0 Å². The van der Waals surface area contributed by atoms with Crippen LogP contribution < -0.4 is 0 Å². The third-order valence-corrected chi connectivity index (χ3v) is 3.60. The smallest absolute Gasteiger partial charge is 0.357 e. The quantitative estimate of drug-likeness (QED) is 0.561. The predicted octanol–water partition coefficient (Wildman–Crippen LogP) is 0.498. The van der Waals surface area contributed by atoms with Crippen molar-refractivity contribution in [1.82, 2.24) is 4.90 Å². The molecule has 0 bridgehead atoms. The van der Waals surface area contributed by atoms with E-state index in [4.69, 9.17) is 9.84 Å². The number of rotatable bonds is 2. The van der Waals surface area contributed by atoms with Gasteiger partial charge in [-0.3, -0.25) is 14.5 Å². The maximum absolute atomic E-state index is 11.3. The van der Waals surface area contributed by atoms with E-state index in [0.29, 0.717) is 0 Å². The van der Waals surface area contributed by atoms with Crippen molar-refractivity contribution >= 4 is 29.6 Å². The van der Waals surface area contributed by atoms with Crippen LogP contribution in [0.5, 0.6) is 0 Å². The minimum atomic E-state index is -1.26. The zero-order chi connectivity index (χ0) is 12.1. The average Bonchev–Trinajstić information content (AvgIpc) is 2.32. The van der Waals surface area contributed by atoms with Gasteiger partial charge in [-0.1, -0.05) is 11.8 Å². The fourth-order valence-corrected chi connectivity index (χ4v) is 3.09. The molecule has 1 fully saturated rings. The minimum Gasteiger partial charge on any atom is -0.476 e. The molecule has 16 heavy (non-hydrogen) atoms. The van der Waals surface area contributed by atoms with Crippen molar-refractivity contribution < 1.29 is 24.2 Å². The van der Waals surface area contributed by atoms with Crippen molar-refractivity contribution in [2.45, 2.75) is 25.1 Å². The van der Waals surface area contributed by atoms with E-state index >= 15 is 0 Å². The van der Waals surface area contributed by atoms with Gasteiger partial charge in [0.2, 0.25) is 5.91 Å². The van der Waals surface area contributed by atoms with Crippen molar-refractivity contribution in [3.8, 4) is 0 Å². The number of hydrogen-bond acceptors (Lipinski definition) is 5. The summed E-state index contributed by atoms with van der Waals surface area (Å²) in [6, 6.07) is 0. The summed E-state index contributed by atoms with van der Waals surface area (Å²) in [6.45, 7) is 2.92. The highest BCUT2D eigenvalue weighted by atomic mass is 32.2. The Bertz CT molecular complexity index is 443. The van der Waals surface area contributed by atoms with E-state index in [1.165, 1.54) is 6.92 Å². The third-order valence-electron chi connectivity index (χ3n) is 2.37. The summed E-state index contributed by atoms with van der Waals surface area (Å²) in [5.41, 5.74) is -0.237. The molecular formula is C9H9NO5S. The molecule has 0 radical (unpaired) electrons. The summed E-state index contributed by atoms with van der Waals surface area (Å²) in [7, 11) is 0. The number of esters is 1. The number of thioether (sulfide) groups is 1. The topological polar surface area (TPSA) is 83.9 Å². The van der Waals surface area contributed by atoms with Crippen molar-refractivity contribution in [3.63, 3.8) is 0 Å². The number of carbonyl (C=O) groups is 3. The van der Waals surface area contributed by atoms with Crippen LogP contribution >= 0.6 is 11.8 Å². The Hall–Kier alpha value is -1.50. The second-order valence-electron chi connectivity index (χ2n) is 3.72. The Kier molecular flexibility index (Phi) is 2.23. The highest BCUT2D eigenvalue weighted by Crippen LogP contribution is 2.54. The molecule has 1 N–H and O–H groups in total. The standard InChI is InChI=1S/C9H9NO5S/c1-4(11)15-8-6(7(13)14)10-5(12)3-9(10,2)16-8/h3H2,1-2H3,(H,13,14)/t9-/m1/s1. The average molecular weight is 243 g/mol. The molecule has 6 nitrogen and oxygen atoms in total. The zero-order valence-electron chi connectivity index (χ0n) is 8.64. The van der Waals surface area contributed by atoms with E-state index in [9.17, 15) is 14.4 Å². The second kappa shape index (κ2) is 3.24. The molecule has 2 heterocycles. The summed E-state index contributed by atoms with van der Waals surface area (Å²) in [5, 5.41) is 8.99. The molecule has 1 saturated heterocycles. The summed E-state index contributed by atoms with van der Waals surface area (Å²) in [4.78, 5) is 33.7. The highest BCUT2D eigenvalue weighted by molar-refractivity contribution is 8.04. The van der Waals surface area contributed by atoms with E-state index in [2.05, 4.69) is 0 Å². The van der Waals surface area contributed by atoms with Crippen LogP contribution in [0.15, 0.2) is 10.8 Å². The van der Waals surface area contributed by atoms with Gasteiger partial charge in [-0.15, -0.1) is 0 Å². The van der Waals surface area contributed by atoms with Crippen LogP contribution in [-0.4, -0.2) is 32.7 Å². The second-order valence-corrected chi connectivity index (χ2v) is 5.17. The molecule has 2 aliphatic heterocycles. The van der Waals surface area contributed by atoms with E-state index in [1.54, 1.807) is 6.92 Å². The van der Waals surface area contributed by atoms with Crippen molar-refractivity contribution in [1.29, 1.82) is 0 Å². The van der Waals surface area contributed by atoms with Gasteiger partial charge in [-0.2, -0.15) is 0 Å². The Balaban J connectivity index is 2.38. The van der Waals surface area contributed by atoms with Crippen molar-refractivity contribution in [3.05, 3.63) is 10.8 Å². The number of amides is 1. The number of hydrogen-bond donors (Lipinski definition) is 1. The van der Waals surface area contributed by atoms with Gasteiger partial charge < -0.3 is 9.84 Å². The first kappa shape index (κ1) is 11.0. The first-order chi connectivity index (χ1) is 7.35. The van der Waals surface area contributed by atoms with Crippen molar-refractivity contribution in [2.75, 3.05) is 0 Å². The van der Waals surface area contributed by atoms with Crippen LogP contribution in [0.25, 0.3) is 0 Å². The lowest BCUT2D eigenvalue weighted by atomic mass is 10.0. The fourth-order valence-electron chi connectivity index (χ4n) is 1.78. The zero-order valence-corrected chi connectivity index (χ0v) is 9.46. The summed E-state index contributed by atoms with van der Waals surface area (Å²) >= 11 is 1.09. The molecule has 0 aliphatic carbocycles. The van der Waals surface area contributed by atoms with Crippen LogP contribution in [0, 0.1) is 0 Å². The lowest BCUT2D eigenvalue weighted by Crippen LogP contribution is -2.57. The molecule has 7 heteroatoms. The SMILES string of the molecule is CC(=O)OC1=C(C(=O)O)N2C(=O)C[C@@]2(C)S1. The van der Waals surface area contributed by atoms with Gasteiger partial charge in [0.1, 0.15) is 4.87 Å². The van der Waals surface area contributed by atoms with E-state index in [1.807, 2.05) is 0 Å². The van der Waals surface area contributed by atoms with Crippen LogP contribution in [0.3, 0.4) is 0 Å². The number of carboxylic acids is 1. The molecule has 0 aromatic rings. The van der Waals surface area contributed by atoms with Gasteiger partial charge in [0.05, 0.1) is 6.42 Å². The minimum absolute atomic E-state index is 0.00616. The molecule has 0 aromatic carbocycles. The van der Waals surface area contributed by atoms with E-state index in [-0.39, 0.29) is 23.1 Å². The summed E-state index contributed by atoms with van der Waals surface area (Å²) in [5.74, 6) is -2.13. The molecule has 0 unspecified atom stereocenters. The predicted molar refractivity (Wildman–Crippen MR) is 53.9 cm³/mol. The molecule has 0 aromatic heterocycles. The lowest BCUT2D eigenvalue weighted by molar-refractivity contribution is -0.150. The van der Waals surface area contributed by atoms with Crippen LogP contribution in [-0.2, 0) is 19.1 Å². The Morgan fingerprint density at radius 3 is 2.62 bits per heavy atom. The Labute approximate surface area is 95.2 Å².